The Morgan fingerprint density at radius 2 is 2.00 bits per heavy atom. The van der Waals surface area contributed by atoms with Crippen LogP contribution < -0.4 is 0 Å². The number of aryl methyl sites for hydroxylation is 1. The minimum absolute atomic E-state index is 0.305. The summed E-state index contributed by atoms with van der Waals surface area (Å²) in [7, 11) is 0. The fourth-order valence-corrected chi connectivity index (χ4v) is 2.83. The summed E-state index contributed by atoms with van der Waals surface area (Å²) in [5, 5.41) is 4.96. The van der Waals surface area contributed by atoms with Crippen LogP contribution in [0.3, 0.4) is 0 Å². The van der Waals surface area contributed by atoms with Gasteiger partial charge in [0.1, 0.15) is 5.82 Å². The first-order valence-corrected chi connectivity index (χ1v) is 7.59. The van der Waals surface area contributed by atoms with Crippen molar-refractivity contribution >= 4 is 23.2 Å². The number of halogens is 3. The van der Waals surface area contributed by atoms with Gasteiger partial charge < -0.3 is 0 Å². The molecule has 1 aromatic carbocycles. The molecule has 0 saturated heterocycles. The van der Waals surface area contributed by atoms with Gasteiger partial charge in [-0.05, 0) is 25.0 Å². The standard InChI is InChI=1S/C15H17Cl2FN2/c1-3-14-12(8-16)15(4-2)20(19-14)9-10-5-6-11(17)7-13(10)18/h5-7H,3-4,8-9H2,1-2H3. The van der Waals surface area contributed by atoms with E-state index >= 15 is 0 Å². The van der Waals surface area contributed by atoms with Gasteiger partial charge in [0.25, 0.3) is 0 Å². The molecule has 0 N–H and O–H groups in total. The van der Waals surface area contributed by atoms with Crippen LogP contribution in [-0.4, -0.2) is 9.78 Å². The van der Waals surface area contributed by atoms with E-state index in [-0.39, 0.29) is 5.82 Å². The predicted octanol–water partition coefficient (Wildman–Crippen LogP) is 4.59. The summed E-state index contributed by atoms with van der Waals surface area (Å²) in [5.74, 6) is 0.135. The Bertz CT molecular complexity index is 608. The Balaban J connectivity index is 2.40. The molecule has 108 valence electrons. The van der Waals surface area contributed by atoms with Crippen molar-refractivity contribution in [1.82, 2.24) is 9.78 Å². The zero-order chi connectivity index (χ0) is 14.7. The largest absolute Gasteiger partial charge is 0.264 e. The molecule has 0 aliphatic rings. The Hall–Kier alpha value is -1.06. The van der Waals surface area contributed by atoms with Crippen LogP contribution in [0.1, 0.15) is 36.4 Å². The lowest BCUT2D eigenvalue weighted by Crippen LogP contribution is -2.08. The molecule has 20 heavy (non-hydrogen) atoms. The minimum atomic E-state index is -0.305. The van der Waals surface area contributed by atoms with Crippen molar-refractivity contribution in [2.75, 3.05) is 0 Å². The predicted molar refractivity (Wildman–Crippen MR) is 81.1 cm³/mol. The van der Waals surface area contributed by atoms with Crippen molar-refractivity contribution in [3.8, 4) is 0 Å². The lowest BCUT2D eigenvalue weighted by molar-refractivity contribution is 0.573. The van der Waals surface area contributed by atoms with E-state index in [9.17, 15) is 4.39 Å². The number of benzene rings is 1. The first-order chi connectivity index (χ1) is 9.60. The van der Waals surface area contributed by atoms with Crippen molar-refractivity contribution in [3.05, 3.63) is 51.6 Å². The first kappa shape index (κ1) is 15.3. The van der Waals surface area contributed by atoms with Gasteiger partial charge in [-0.3, -0.25) is 4.68 Å². The van der Waals surface area contributed by atoms with Gasteiger partial charge in [0, 0.05) is 21.8 Å². The average molecular weight is 315 g/mol. The fraction of sp³-hybridized carbons (Fsp3) is 0.400. The maximum Gasteiger partial charge on any atom is 0.129 e. The van der Waals surface area contributed by atoms with Gasteiger partial charge in [0.15, 0.2) is 0 Å². The van der Waals surface area contributed by atoms with Crippen LogP contribution in [0.4, 0.5) is 4.39 Å². The third kappa shape index (κ3) is 2.99. The molecule has 2 rings (SSSR count). The first-order valence-electron chi connectivity index (χ1n) is 6.68. The Labute approximate surface area is 128 Å². The van der Waals surface area contributed by atoms with Crippen molar-refractivity contribution in [3.63, 3.8) is 0 Å². The molecular formula is C15H17Cl2FN2. The summed E-state index contributed by atoms with van der Waals surface area (Å²) in [6.07, 6.45) is 1.65. The molecule has 1 heterocycles. The number of hydrogen-bond acceptors (Lipinski definition) is 1. The van der Waals surface area contributed by atoms with Crippen LogP contribution in [0.15, 0.2) is 18.2 Å². The molecule has 0 amide bonds. The van der Waals surface area contributed by atoms with E-state index in [2.05, 4.69) is 12.0 Å². The molecule has 5 heteroatoms. The summed E-state index contributed by atoms with van der Waals surface area (Å²) < 4.78 is 15.7. The Morgan fingerprint density at radius 3 is 2.55 bits per heavy atom. The third-order valence-electron chi connectivity index (χ3n) is 3.39. The van der Waals surface area contributed by atoms with Crippen LogP contribution >= 0.6 is 23.2 Å². The summed E-state index contributed by atoms with van der Waals surface area (Å²) in [5.41, 5.74) is 3.72. The van der Waals surface area contributed by atoms with Gasteiger partial charge in [-0.25, -0.2) is 4.39 Å². The molecule has 0 fully saturated rings. The van der Waals surface area contributed by atoms with Crippen LogP contribution in [0, 0.1) is 5.82 Å². The highest BCUT2D eigenvalue weighted by atomic mass is 35.5. The molecule has 0 saturated carbocycles. The topological polar surface area (TPSA) is 17.8 Å². The van der Waals surface area contributed by atoms with E-state index in [1.165, 1.54) is 6.07 Å². The van der Waals surface area contributed by atoms with E-state index in [0.717, 1.165) is 29.8 Å². The molecule has 2 aromatic rings. The monoisotopic (exact) mass is 314 g/mol. The normalized spacial score (nSPS) is 11.1. The van der Waals surface area contributed by atoms with Crippen LogP contribution in [0.25, 0.3) is 0 Å². The Morgan fingerprint density at radius 1 is 1.25 bits per heavy atom. The highest BCUT2D eigenvalue weighted by Gasteiger charge is 2.15. The van der Waals surface area contributed by atoms with Crippen LogP contribution in [-0.2, 0) is 25.3 Å². The van der Waals surface area contributed by atoms with Crippen LogP contribution in [0.5, 0.6) is 0 Å². The zero-order valence-corrected chi connectivity index (χ0v) is 13.1. The molecule has 0 unspecified atom stereocenters. The smallest absolute Gasteiger partial charge is 0.129 e. The van der Waals surface area contributed by atoms with E-state index in [0.29, 0.717) is 23.0 Å². The van der Waals surface area contributed by atoms with E-state index in [4.69, 9.17) is 23.2 Å². The number of hydrogen-bond donors (Lipinski definition) is 0. The summed E-state index contributed by atoms with van der Waals surface area (Å²) in [6.45, 7) is 4.50. The lowest BCUT2D eigenvalue weighted by atomic mass is 10.1. The maximum atomic E-state index is 13.9. The van der Waals surface area contributed by atoms with Gasteiger partial charge in [-0.2, -0.15) is 5.10 Å². The van der Waals surface area contributed by atoms with Gasteiger partial charge in [-0.15, -0.1) is 11.6 Å². The molecule has 0 atom stereocenters. The van der Waals surface area contributed by atoms with Crippen molar-refractivity contribution in [2.45, 2.75) is 39.1 Å². The van der Waals surface area contributed by atoms with E-state index in [1.54, 1.807) is 12.1 Å². The minimum Gasteiger partial charge on any atom is -0.264 e. The molecule has 0 aliphatic carbocycles. The molecule has 2 nitrogen and oxygen atoms in total. The highest BCUT2D eigenvalue weighted by Crippen LogP contribution is 2.21. The molecule has 0 bridgehead atoms. The molecular weight excluding hydrogens is 298 g/mol. The number of alkyl halides is 1. The molecule has 0 spiro atoms. The van der Waals surface area contributed by atoms with E-state index in [1.807, 2.05) is 11.6 Å². The second-order valence-electron chi connectivity index (χ2n) is 4.61. The summed E-state index contributed by atoms with van der Waals surface area (Å²) >= 11 is 11.8. The molecule has 0 radical (unpaired) electrons. The lowest BCUT2D eigenvalue weighted by Gasteiger charge is -2.08. The summed E-state index contributed by atoms with van der Waals surface area (Å²) in [4.78, 5) is 0. The van der Waals surface area contributed by atoms with E-state index < -0.39 is 0 Å². The molecule has 0 aliphatic heterocycles. The van der Waals surface area contributed by atoms with Crippen molar-refractivity contribution in [1.29, 1.82) is 0 Å². The zero-order valence-electron chi connectivity index (χ0n) is 11.6. The highest BCUT2D eigenvalue weighted by molar-refractivity contribution is 6.30. The van der Waals surface area contributed by atoms with Gasteiger partial charge in [0.2, 0.25) is 0 Å². The fourth-order valence-electron chi connectivity index (χ4n) is 2.37. The molecule has 1 aromatic heterocycles. The number of nitrogens with zero attached hydrogens (tertiary/aromatic N) is 2. The van der Waals surface area contributed by atoms with Gasteiger partial charge in [0.05, 0.1) is 18.1 Å². The third-order valence-corrected chi connectivity index (χ3v) is 3.89. The quantitative estimate of drug-likeness (QED) is 0.738. The Kier molecular flexibility index (Phi) is 5.06. The summed E-state index contributed by atoms with van der Waals surface area (Å²) in [6, 6.07) is 4.72. The van der Waals surface area contributed by atoms with Gasteiger partial charge in [-0.1, -0.05) is 31.5 Å². The number of aromatic nitrogens is 2. The maximum absolute atomic E-state index is 13.9. The second-order valence-corrected chi connectivity index (χ2v) is 5.31. The number of rotatable bonds is 5. The SMILES string of the molecule is CCc1nn(Cc2ccc(Cl)cc2F)c(CC)c1CCl. The second kappa shape index (κ2) is 6.59. The van der Waals surface area contributed by atoms with Crippen molar-refractivity contribution in [2.24, 2.45) is 0 Å². The van der Waals surface area contributed by atoms with Crippen molar-refractivity contribution < 1.29 is 4.39 Å². The van der Waals surface area contributed by atoms with Crippen LogP contribution in [0.2, 0.25) is 5.02 Å². The van der Waals surface area contributed by atoms with Gasteiger partial charge >= 0.3 is 0 Å². The average Bonchev–Trinajstić information content (AvgIpc) is 2.78.